The van der Waals surface area contributed by atoms with E-state index in [-0.39, 0.29) is 28.6 Å². The van der Waals surface area contributed by atoms with Gasteiger partial charge in [-0.3, -0.25) is 0 Å². The van der Waals surface area contributed by atoms with Gasteiger partial charge in [-0.1, -0.05) is 95.3 Å². The van der Waals surface area contributed by atoms with Crippen molar-refractivity contribution in [2.75, 3.05) is 9.80 Å². The van der Waals surface area contributed by atoms with Gasteiger partial charge in [-0.05, 0) is 134 Å². The molecule has 256 valence electrons. The number of benzene rings is 5. The number of anilines is 4. The molecule has 0 N–H and O–H groups in total. The van der Waals surface area contributed by atoms with Crippen LogP contribution in [0, 0.1) is 24.5 Å². The van der Waals surface area contributed by atoms with Crippen LogP contribution in [0.1, 0.15) is 78.9 Å². The van der Waals surface area contributed by atoms with Gasteiger partial charge in [0, 0.05) is 34.3 Å². The first-order valence-electron chi connectivity index (χ1n) is 17.7. The van der Waals surface area contributed by atoms with Crippen LogP contribution in [-0.4, -0.2) is 11.6 Å². The van der Waals surface area contributed by atoms with E-state index < -0.39 is 0 Å². The molecule has 0 radical (unpaired) electrons. The van der Waals surface area contributed by atoms with Crippen molar-refractivity contribution in [1.82, 2.24) is 0 Å². The van der Waals surface area contributed by atoms with Crippen LogP contribution >= 0.6 is 0 Å². The molecule has 2 unspecified atom stereocenters. The minimum absolute atomic E-state index is 0.0772. The molecule has 0 fully saturated rings. The summed E-state index contributed by atoms with van der Waals surface area (Å²) in [5, 5.41) is 0. The molecule has 0 aliphatic heterocycles. The Morgan fingerprint density at radius 1 is 0.612 bits per heavy atom. The maximum absolute atomic E-state index is 14.3. The average molecular weight is 659 g/mol. The predicted molar refractivity (Wildman–Crippen MR) is 205 cm³/mol. The van der Waals surface area contributed by atoms with E-state index in [0.29, 0.717) is 5.92 Å². The summed E-state index contributed by atoms with van der Waals surface area (Å²) in [6, 6.07) is 40.0. The van der Waals surface area contributed by atoms with Crippen molar-refractivity contribution in [3.05, 3.63) is 144 Å². The minimum Gasteiger partial charge on any atom is -0.338 e. The van der Waals surface area contributed by atoms with E-state index >= 15 is 0 Å². The van der Waals surface area contributed by atoms with E-state index in [4.69, 9.17) is 0 Å². The largest absolute Gasteiger partial charge is 0.338 e. The van der Waals surface area contributed by atoms with Gasteiger partial charge in [0.2, 0.25) is 0 Å². The molecule has 0 saturated heterocycles. The van der Waals surface area contributed by atoms with Crippen LogP contribution in [0.3, 0.4) is 0 Å². The second-order valence-electron chi connectivity index (χ2n) is 14.8. The molecular weight excluding hydrogens is 607 g/mol. The highest BCUT2D eigenvalue weighted by atomic mass is 19.1. The molecule has 49 heavy (non-hydrogen) atoms. The van der Waals surface area contributed by atoms with Crippen molar-refractivity contribution in [3.63, 3.8) is 0 Å². The molecule has 0 heterocycles. The Bertz CT molecular complexity index is 1810. The third-order valence-corrected chi connectivity index (χ3v) is 10.6. The van der Waals surface area contributed by atoms with E-state index in [2.05, 4.69) is 138 Å². The maximum atomic E-state index is 14.3. The van der Waals surface area contributed by atoms with Gasteiger partial charge in [-0.25, -0.2) is 8.78 Å². The Morgan fingerprint density at radius 3 is 1.78 bits per heavy atom. The molecule has 0 amide bonds. The molecule has 5 aromatic carbocycles. The molecule has 0 saturated carbocycles. The van der Waals surface area contributed by atoms with Gasteiger partial charge in [0.1, 0.15) is 11.6 Å². The number of rotatable bonds is 13. The summed E-state index contributed by atoms with van der Waals surface area (Å²) in [5.74, 6) is -0.0598. The SMILES string of the molecule is CCC(C)(CCC(C)(C)c1ccc(N(c2cccc(F)c2)C(C)C(C)C)cc1)N(c1ccc(-c2ccc(F)cc2)cc1)c1ccccc1C. The topological polar surface area (TPSA) is 6.48 Å². The van der Waals surface area contributed by atoms with Crippen LogP contribution in [0.25, 0.3) is 11.1 Å². The number of hydrogen-bond donors (Lipinski definition) is 0. The van der Waals surface area contributed by atoms with Crippen molar-refractivity contribution in [3.8, 4) is 11.1 Å². The van der Waals surface area contributed by atoms with Crippen molar-refractivity contribution in [1.29, 1.82) is 0 Å². The molecule has 0 aliphatic rings. The van der Waals surface area contributed by atoms with Crippen molar-refractivity contribution in [2.24, 2.45) is 5.92 Å². The summed E-state index contributed by atoms with van der Waals surface area (Å²) in [6.45, 7) is 18.2. The van der Waals surface area contributed by atoms with Crippen LogP contribution in [-0.2, 0) is 5.41 Å². The zero-order chi connectivity index (χ0) is 35.3. The summed E-state index contributed by atoms with van der Waals surface area (Å²) in [7, 11) is 0. The lowest BCUT2D eigenvalue weighted by Crippen LogP contribution is -2.44. The molecule has 0 spiro atoms. The normalized spacial score (nSPS) is 13.6. The van der Waals surface area contributed by atoms with Gasteiger partial charge in [-0.15, -0.1) is 0 Å². The van der Waals surface area contributed by atoms with Gasteiger partial charge < -0.3 is 9.80 Å². The quantitative estimate of drug-likeness (QED) is 0.124. The Balaban J connectivity index is 1.43. The van der Waals surface area contributed by atoms with E-state index in [9.17, 15) is 8.78 Å². The first kappa shape index (κ1) is 35.9. The number of nitrogens with zero attached hydrogens (tertiary/aromatic N) is 2. The highest BCUT2D eigenvalue weighted by Crippen LogP contribution is 2.43. The van der Waals surface area contributed by atoms with E-state index in [1.807, 2.05) is 18.2 Å². The molecule has 0 aliphatic carbocycles. The highest BCUT2D eigenvalue weighted by Gasteiger charge is 2.35. The summed E-state index contributed by atoms with van der Waals surface area (Å²) in [5.41, 5.74) is 8.63. The molecule has 4 heteroatoms. The zero-order valence-corrected chi connectivity index (χ0v) is 30.5. The second kappa shape index (κ2) is 15.0. The van der Waals surface area contributed by atoms with Crippen LogP contribution in [0.4, 0.5) is 31.5 Å². The third kappa shape index (κ3) is 8.07. The lowest BCUT2D eigenvalue weighted by Gasteiger charge is -2.45. The molecular formula is C45H52F2N2. The summed E-state index contributed by atoms with van der Waals surface area (Å²) < 4.78 is 27.9. The fourth-order valence-electron chi connectivity index (χ4n) is 6.79. The maximum Gasteiger partial charge on any atom is 0.125 e. The van der Waals surface area contributed by atoms with Gasteiger partial charge in [0.25, 0.3) is 0 Å². The van der Waals surface area contributed by atoms with Crippen molar-refractivity contribution in [2.45, 2.75) is 91.6 Å². The van der Waals surface area contributed by atoms with Crippen LogP contribution in [0.2, 0.25) is 0 Å². The minimum atomic E-state index is -0.227. The molecule has 5 rings (SSSR count). The summed E-state index contributed by atoms with van der Waals surface area (Å²) >= 11 is 0. The Labute approximate surface area is 293 Å². The van der Waals surface area contributed by atoms with E-state index in [1.54, 1.807) is 12.1 Å². The molecule has 0 aromatic heterocycles. The van der Waals surface area contributed by atoms with E-state index in [1.165, 1.54) is 35.0 Å². The van der Waals surface area contributed by atoms with Gasteiger partial charge in [0.15, 0.2) is 0 Å². The number of halogens is 2. The number of para-hydroxylation sites is 1. The standard InChI is InChI=1S/C45H52F2N2/c1-9-45(8,49(43-16-11-10-13-33(43)4)41-25-19-36(20-26-41)35-17-23-38(46)24-18-35)30-29-44(6,7)37-21-27-40(28-22-37)48(34(5)32(2)3)42-15-12-14-39(47)31-42/h10-28,31-32,34H,9,29-30H2,1-8H3. The Kier molecular flexibility index (Phi) is 11.0. The Hall–Kier alpha value is -4.44. The van der Waals surface area contributed by atoms with E-state index in [0.717, 1.165) is 47.5 Å². The fraction of sp³-hybridized carbons (Fsp3) is 0.333. The van der Waals surface area contributed by atoms with Crippen LogP contribution in [0.5, 0.6) is 0 Å². The molecule has 0 bridgehead atoms. The van der Waals surface area contributed by atoms with Crippen LogP contribution < -0.4 is 9.80 Å². The zero-order valence-electron chi connectivity index (χ0n) is 30.5. The molecule has 2 nitrogen and oxygen atoms in total. The lowest BCUT2D eigenvalue weighted by atomic mass is 9.76. The third-order valence-electron chi connectivity index (χ3n) is 10.6. The van der Waals surface area contributed by atoms with Gasteiger partial charge in [0.05, 0.1) is 0 Å². The summed E-state index contributed by atoms with van der Waals surface area (Å²) in [4.78, 5) is 4.78. The van der Waals surface area contributed by atoms with Crippen molar-refractivity contribution < 1.29 is 8.78 Å². The predicted octanol–water partition coefficient (Wildman–Crippen LogP) is 13.2. The van der Waals surface area contributed by atoms with Crippen LogP contribution in [0.15, 0.2) is 121 Å². The fourth-order valence-corrected chi connectivity index (χ4v) is 6.79. The average Bonchev–Trinajstić information content (AvgIpc) is 3.09. The second-order valence-corrected chi connectivity index (χ2v) is 14.8. The molecule has 5 aromatic rings. The summed E-state index contributed by atoms with van der Waals surface area (Å²) in [6.07, 6.45) is 2.93. The number of hydrogen-bond acceptors (Lipinski definition) is 2. The molecule has 2 atom stereocenters. The van der Waals surface area contributed by atoms with Gasteiger partial charge >= 0.3 is 0 Å². The first-order chi connectivity index (χ1) is 23.3. The smallest absolute Gasteiger partial charge is 0.125 e. The monoisotopic (exact) mass is 658 g/mol. The van der Waals surface area contributed by atoms with Crippen molar-refractivity contribution >= 4 is 22.7 Å². The lowest BCUT2D eigenvalue weighted by molar-refractivity contribution is 0.342. The van der Waals surface area contributed by atoms with Gasteiger partial charge in [-0.2, -0.15) is 0 Å². The first-order valence-corrected chi connectivity index (χ1v) is 17.7. The Morgan fingerprint density at radius 2 is 1.20 bits per heavy atom. The number of aryl methyl sites for hydroxylation is 1. The highest BCUT2D eigenvalue weighted by molar-refractivity contribution is 5.72.